The number of amides is 1. The van der Waals surface area contributed by atoms with Gasteiger partial charge in [0.05, 0.1) is 38.5 Å². The quantitative estimate of drug-likeness (QED) is 0.156. The van der Waals surface area contributed by atoms with Crippen LogP contribution in [0.3, 0.4) is 0 Å². The molecule has 2 saturated heterocycles. The number of nitriles is 1. The molecule has 0 radical (unpaired) electrons. The third-order valence-corrected chi connectivity index (χ3v) is 10.2. The summed E-state index contributed by atoms with van der Waals surface area (Å²) in [7, 11) is 4.75. The molecule has 6 rings (SSSR count). The Bertz CT molecular complexity index is 2080. The number of fused-ring (bicyclic) bond motifs is 1. The molecular weight excluding hydrogens is 684 g/mol. The van der Waals surface area contributed by atoms with E-state index in [1.54, 1.807) is 54.2 Å². The molecule has 4 aromatic rings. The molecule has 2 aliphatic rings. The highest BCUT2D eigenvalue weighted by Gasteiger charge is 2.34. The van der Waals surface area contributed by atoms with Crippen molar-refractivity contribution in [3.05, 3.63) is 81.3 Å². The Labute approximate surface area is 307 Å². The third-order valence-electron chi connectivity index (χ3n) is 9.77. The summed E-state index contributed by atoms with van der Waals surface area (Å²) >= 11 is 6.71. The fourth-order valence-corrected chi connectivity index (χ4v) is 6.89. The van der Waals surface area contributed by atoms with Gasteiger partial charge in [-0.1, -0.05) is 23.7 Å². The zero-order valence-electron chi connectivity index (χ0n) is 30.0. The Morgan fingerprint density at radius 3 is 2.44 bits per heavy atom. The maximum absolute atomic E-state index is 14.1. The number of pyridine rings is 1. The molecule has 0 spiro atoms. The lowest BCUT2D eigenvalue weighted by atomic mass is 9.97. The molecule has 4 heterocycles. The van der Waals surface area contributed by atoms with Gasteiger partial charge < -0.3 is 24.8 Å². The van der Waals surface area contributed by atoms with E-state index < -0.39 is 11.4 Å². The monoisotopic (exact) mass is 726 g/mol. The summed E-state index contributed by atoms with van der Waals surface area (Å²) in [6.45, 7) is 9.50. The number of methoxy groups -OCH3 is 2. The van der Waals surface area contributed by atoms with Gasteiger partial charge in [-0.2, -0.15) is 10.2 Å². The van der Waals surface area contributed by atoms with Crippen LogP contribution in [0.5, 0.6) is 11.5 Å². The fraction of sp³-hybridized carbons (Fsp3) is 0.395. The summed E-state index contributed by atoms with van der Waals surface area (Å²) < 4.78 is 17.9. The summed E-state index contributed by atoms with van der Waals surface area (Å²) in [5.41, 5.74) is 2.07. The predicted octanol–water partition coefficient (Wildman–Crippen LogP) is 4.60. The van der Waals surface area contributed by atoms with E-state index in [0.29, 0.717) is 64.3 Å². The number of rotatable bonds is 12. The van der Waals surface area contributed by atoms with Gasteiger partial charge in [0.2, 0.25) is 5.95 Å². The molecule has 2 aromatic heterocycles. The van der Waals surface area contributed by atoms with Gasteiger partial charge in [0.1, 0.15) is 28.8 Å². The number of hydrogen-bond donors (Lipinski definition) is 2. The average molecular weight is 727 g/mol. The van der Waals surface area contributed by atoms with Crippen molar-refractivity contribution < 1.29 is 19.0 Å². The summed E-state index contributed by atoms with van der Waals surface area (Å²) in [4.78, 5) is 41.1. The van der Waals surface area contributed by atoms with Crippen LogP contribution in [0.25, 0.3) is 22.2 Å². The van der Waals surface area contributed by atoms with E-state index in [9.17, 15) is 14.9 Å². The normalized spacial score (nSPS) is 15.9. The lowest BCUT2D eigenvalue weighted by molar-refractivity contribution is -0.112. The molecule has 52 heavy (non-hydrogen) atoms. The van der Waals surface area contributed by atoms with Gasteiger partial charge in [-0.05, 0) is 56.2 Å². The van der Waals surface area contributed by atoms with Gasteiger partial charge in [-0.15, -0.1) is 0 Å². The summed E-state index contributed by atoms with van der Waals surface area (Å²) in [6, 6.07) is 15.0. The topological polar surface area (TPSA) is 147 Å². The summed E-state index contributed by atoms with van der Waals surface area (Å²) in [5, 5.41) is 16.7. The van der Waals surface area contributed by atoms with Crippen LogP contribution in [0, 0.1) is 11.3 Å². The molecule has 0 saturated carbocycles. The van der Waals surface area contributed by atoms with E-state index in [1.807, 2.05) is 26.0 Å². The number of nitrogens with one attached hydrogen (secondary N) is 2. The van der Waals surface area contributed by atoms with Crippen LogP contribution in [0.1, 0.15) is 19.4 Å². The Morgan fingerprint density at radius 2 is 1.83 bits per heavy atom. The van der Waals surface area contributed by atoms with Crippen molar-refractivity contribution in [3.63, 3.8) is 0 Å². The maximum atomic E-state index is 14.1. The highest BCUT2D eigenvalue weighted by molar-refractivity contribution is 6.35. The Kier molecular flexibility index (Phi) is 11.1. The third kappa shape index (κ3) is 7.75. The standard InChI is InChI=1S/C38H43ClN8O5/c1-38(2,46-14-12-45(13-15-46)28-22-52-23-28)19-26(20-40)35(48)43-27-8-6-24(7-9-27)10-11-47-34-25(21-42-37(41-3)44-34)16-31(36(47)49)30-17-29(50-4)18-32(51-5)33(30)39/h6-9,16-19,21,28H,10-15,22-23H2,1-5H3,(H,43,48)(H,41,42,44)/b26-19+. The number of carbonyl (C=O) groups excluding carboxylic acids is 1. The van der Waals surface area contributed by atoms with Gasteiger partial charge in [-0.3, -0.25) is 24.0 Å². The second-order valence-corrected chi connectivity index (χ2v) is 13.7. The van der Waals surface area contributed by atoms with Crippen LogP contribution in [0.4, 0.5) is 11.6 Å². The molecule has 2 aliphatic heterocycles. The Balaban J connectivity index is 1.18. The number of aryl methyl sites for hydroxylation is 2. The average Bonchev–Trinajstić information content (AvgIpc) is 3.13. The minimum atomic E-state index is -0.475. The first kappa shape index (κ1) is 36.8. The van der Waals surface area contributed by atoms with Crippen LogP contribution in [0.15, 0.2) is 65.1 Å². The van der Waals surface area contributed by atoms with E-state index >= 15 is 0 Å². The second-order valence-electron chi connectivity index (χ2n) is 13.4. The van der Waals surface area contributed by atoms with Crippen molar-refractivity contribution in [2.24, 2.45) is 0 Å². The first-order valence-electron chi connectivity index (χ1n) is 17.2. The SMILES string of the molecule is CNc1ncc2cc(-c3cc(OC)cc(OC)c3Cl)c(=O)n(CCc3ccc(NC(=O)/C(C#N)=C/C(C)(C)N4CCN(C5COC5)CC4)cc3)c2n1. The van der Waals surface area contributed by atoms with Crippen molar-refractivity contribution in [2.75, 3.05) is 71.3 Å². The fourth-order valence-electron chi connectivity index (χ4n) is 6.60. The lowest BCUT2D eigenvalue weighted by Gasteiger charge is -2.46. The van der Waals surface area contributed by atoms with E-state index in [-0.39, 0.29) is 16.2 Å². The largest absolute Gasteiger partial charge is 0.497 e. The zero-order valence-corrected chi connectivity index (χ0v) is 30.8. The molecule has 2 N–H and O–H groups in total. The molecule has 0 bridgehead atoms. The molecule has 0 aliphatic carbocycles. The molecular formula is C38H43ClN8O5. The van der Waals surface area contributed by atoms with Gasteiger partial charge >= 0.3 is 0 Å². The molecule has 0 atom stereocenters. The molecule has 272 valence electrons. The molecule has 1 amide bonds. The van der Waals surface area contributed by atoms with Crippen molar-refractivity contribution in [1.82, 2.24) is 24.3 Å². The molecule has 0 unspecified atom stereocenters. The van der Waals surface area contributed by atoms with Crippen LogP contribution < -0.4 is 25.7 Å². The van der Waals surface area contributed by atoms with Crippen molar-refractivity contribution in [3.8, 4) is 28.7 Å². The number of ether oxygens (including phenoxy) is 3. The zero-order chi connectivity index (χ0) is 37.0. The van der Waals surface area contributed by atoms with Crippen molar-refractivity contribution in [1.29, 1.82) is 5.26 Å². The van der Waals surface area contributed by atoms with E-state index in [1.165, 1.54) is 14.2 Å². The van der Waals surface area contributed by atoms with Crippen LogP contribution in [-0.4, -0.2) is 102 Å². The van der Waals surface area contributed by atoms with Gasteiger partial charge in [0.25, 0.3) is 11.5 Å². The van der Waals surface area contributed by atoms with Gasteiger partial charge in [0, 0.05) is 79.8 Å². The summed E-state index contributed by atoms with van der Waals surface area (Å²) in [5.74, 6) is 0.791. The van der Waals surface area contributed by atoms with E-state index in [0.717, 1.165) is 45.0 Å². The molecule has 14 heteroatoms. The van der Waals surface area contributed by atoms with Crippen molar-refractivity contribution in [2.45, 2.75) is 38.4 Å². The van der Waals surface area contributed by atoms with Crippen LogP contribution in [-0.2, 0) is 22.5 Å². The van der Waals surface area contributed by atoms with E-state index in [2.05, 4.69) is 36.5 Å². The van der Waals surface area contributed by atoms with Crippen LogP contribution in [0.2, 0.25) is 5.02 Å². The van der Waals surface area contributed by atoms with Gasteiger partial charge in [0.15, 0.2) is 0 Å². The Morgan fingerprint density at radius 1 is 1.10 bits per heavy atom. The first-order valence-corrected chi connectivity index (χ1v) is 17.5. The molecule has 2 fully saturated rings. The minimum Gasteiger partial charge on any atom is -0.497 e. The summed E-state index contributed by atoms with van der Waals surface area (Å²) in [6.07, 6.45) is 3.90. The highest BCUT2D eigenvalue weighted by atomic mass is 35.5. The molecule has 2 aromatic carbocycles. The predicted molar refractivity (Wildman–Crippen MR) is 201 cm³/mol. The van der Waals surface area contributed by atoms with Crippen LogP contribution >= 0.6 is 11.6 Å². The number of anilines is 2. The van der Waals surface area contributed by atoms with E-state index in [4.69, 9.17) is 25.8 Å². The number of piperazine rings is 1. The number of benzene rings is 2. The second kappa shape index (κ2) is 15.7. The smallest absolute Gasteiger partial charge is 0.266 e. The number of hydrogen-bond acceptors (Lipinski definition) is 11. The highest BCUT2D eigenvalue weighted by Crippen LogP contribution is 2.38. The van der Waals surface area contributed by atoms with Crippen molar-refractivity contribution >= 4 is 40.2 Å². The number of halogens is 1. The number of carbonyl (C=O) groups is 1. The molecule has 13 nitrogen and oxygen atoms in total. The number of nitrogens with zero attached hydrogens (tertiary/aromatic N) is 6. The first-order chi connectivity index (χ1) is 25.0. The van der Waals surface area contributed by atoms with Gasteiger partial charge in [-0.25, -0.2) is 4.98 Å². The lowest BCUT2D eigenvalue weighted by Crippen LogP contribution is -2.59. The maximum Gasteiger partial charge on any atom is 0.266 e. The number of aromatic nitrogens is 3. The minimum absolute atomic E-state index is 0.0618. The Hall–Kier alpha value is -5.00.